The minimum absolute atomic E-state index is 0.288. The zero-order chi connectivity index (χ0) is 21.8. The van der Waals surface area contributed by atoms with E-state index in [0.717, 1.165) is 23.4 Å². The van der Waals surface area contributed by atoms with Crippen molar-refractivity contribution >= 4 is 40.1 Å². The average Bonchev–Trinajstić information content (AvgIpc) is 3.39. The number of carbonyl (C=O) groups is 2. The van der Waals surface area contributed by atoms with E-state index in [1.807, 2.05) is 54.8 Å². The van der Waals surface area contributed by atoms with Crippen molar-refractivity contribution in [3.05, 3.63) is 82.2 Å². The van der Waals surface area contributed by atoms with Crippen LogP contribution in [0.3, 0.4) is 0 Å². The van der Waals surface area contributed by atoms with Crippen LogP contribution in [0.5, 0.6) is 5.75 Å². The van der Waals surface area contributed by atoms with Gasteiger partial charge in [-0.3, -0.25) is 9.59 Å². The number of aryl methyl sites for hydroxylation is 1. The van der Waals surface area contributed by atoms with Crippen LogP contribution in [-0.4, -0.2) is 18.4 Å². The van der Waals surface area contributed by atoms with Gasteiger partial charge in [0.1, 0.15) is 11.4 Å². The number of anilines is 2. The SMILES string of the molecule is CCCOc1cccc(N2C(=O)C(Nc3ccc(CC)cc3)=C(c3cccs3)C2=O)c1. The number of imide groups is 1. The summed E-state index contributed by atoms with van der Waals surface area (Å²) in [6.45, 7) is 4.69. The van der Waals surface area contributed by atoms with Gasteiger partial charge in [-0.1, -0.05) is 38.1 Å². The zero-order valence-corrected chi connectivity index (χ0v) is 18.4. The Hall–Kier alpha value is -3.38. The van der Waals surface area contributed by atoms with Crippen molar-refractivity contribution in [3.8, 4) is 5.75 Å². The van der Waals surface area contributed by atoms with Crippen molar-refractivity contribution in [1.29, 1.82) is 0 Å². The molecule has 2 amide bonds. The number of benzene rings is 2. The Morgan fingerprint density at radius 3 is 2.45 bits per heavy atom. The first-order valence-corrected chi connectivity index (χ1v) is 11.3. The van der Waals surface area contributed by atoms with Crippen LogP contribution in [0.4, 0.5) is 11.4 Å². The minimum Gasteiger partial charge on any atom is -0.494 e. The second-order valence-corrected chi connectivity index (χ2v) is 8.14. The smallest absolute Gasteiger partial charge is 0.282 e. The highest BCUT2D eigenvalue weighted by molar-refractivity contribution is 7.11. The quantitative estimate of drug-likeness (QED) is 0.478. The lowest BCUT2D eigenvalue weighted by Crippen LogP contribution is -2.32. The van der Waals surface area contributed by atoms with E-state index >= 15 is 0 Å². The summed E-state index contributed by atoms with van der Waals surface area (Å²) in [4.78, 5) is 28.8. The molecule has 31 heavy (non-hydrogen) atoms. The van der Waals surface area contributed by atoms with Crippen molar-refractivity contribution in [2.75, 3.05) is 16.8 Å². The minimum atomic E-state index is -0.374. The molecule has 0 aliphatic carbocycles. The van der Waals surface area contributed by atoms with Gasteiger partial charge in [0, 0.05) is 16.6 Å². The summed E-state index contributed by atoms with van der Waals surface area (Å²) in [6.07, 6.45) is 1.81. The molecule has 1 aliphatic heterocycles. The second kappa shape index (κ2) is 9.18. The summed E-state index contributed by atoms with van der Waals surface area (Å²) in [5.74, 6) is -0.0810. The summed E-state index contributed by atoms with van der Waals surface area (Å²) in [5, 5.41) is 5.10. The monoisotopic (exact) mass is 432 g/mol. The third-order valence-electron chi connectivity index (χ3n) is 5.03. The molecule has 6 heteroatoms. The van der Waals surface area contributed by atoms with Gasteiger partial charge < -0.3 is 10.1 Å². The molecule has 5 nitrogen and oxygen atoms in total. The maximum absolute atomic E-state index is 13.4. The standard InChI is InChI=1S/C25H24N2O3S/c1-3-14-30-20-8-5-7-19(16-20)27-24(28)22(21-9-6-15-31-21)23(25(27)29)26-18-12-10-17(4-2)11-13-18/h5-13,15-16,26H,3-4,14H2,1-2H3. The van der Waals surface area contributed by atoms with E-state index in [2.05, 4.69) is 12.2 Å². The normalized spacial score (nSPS) is 13.8. The molecule has 1 aromatic heterocycles. The first-order chi connectivity index (χ1) is 15.1. The van der Waals surface area contributed by atoms with Crippen LogP contribution in [0.25, 0.3) is 5.57 Å². The molecular weight excluding hydrogens is 408 g/mol. The molecule has 1 aliphatic rings. The fraction of sp³-hybridized carbons (Fsp3) is 0.200. The van der Waals surface area contributed by atoms with Crippen molar-refractivity contribution in [2.24, 2.45) is 0 Å². The molecule has 1 N–H and O–H groups in total. The molecule has 0 saturated carbocycles. The Morgan fingerprint density at radius 2 is 1.77 bits per heavy atom. The fourth-order valence-electron chi connectivity index (χ4n) is 3.43. The van der Waals surface area contributed by atoms with Crippen LogP contribution >= 0.6 is 11.3 Å². The third-order valence-corrected chi connectivity index (χ3v) is 5.92. The molecule has 0 fully saturated rings. The van der Waals surface area contributed by atoms with Crippen molar-refractivity contribution in [3.63, 3.8) is 0 Å². The van der Waals surface area contributed by atoms with Gasteiger partial charge in [0.25, 0.3) is 11.8 Å². The van der Waals surface area contributed by atoms with Gasteiger partial charge in [0.2, 0.25) is 0 Å². The summed E-state index contributed by atoms with van der Waals surface area (Å²) < 4.78 is 5.69. The highest BCUT2D eigenvalue weighted by Crippen LogP contribution is 2.36. The first-order valence-electron chi connectivity index (χ1n) is 10.4. The Bertz CT molecular complexity index is 1120. The van der Waals surface area contributed by atoms with Crippen LogP contribution < -0.4 is 15.0 Å². The molecule has 0 atom stereocenters. The van der Waals surface area contributed by atoms with Gasteiger partial charge >= 0.3 is 0 Å². The van der Waals surface area contributed by atoms with Crippen LogP contribution in [0.1, 0.15) is 30.7 Å². The maximum Gasteiger partial charge on any atom is 0.282 e. The molecule has 2 aromatic carbocycles. The molecule has 0 radical (unpaired) electrons. The molecule has 4 rings (SSSR count). The molecule has 0 saturated heterocycles. The van der Waals surface area contributed by atoms with Crippen molar-refractivity contribution in [1.82, 2.24) is 0 Å². The van der Waals surface area contributed by atoms with E-state index in [1.165, 1.54) is 21.8 Å². The number of hydrogen-bond acceptors (Lipinski definition) is 5. The summed E-state index contributed by atoms with van der Waals surface area (Å²) in [5.41, 5.74) is 3.15. The predicted molar refractivity (Wildman–Crippen MR) is 125 cm³/mol. The number of thiophene rings is 1. The number of rotatable bonds is 8. The molecule has 0 bridgehead atoms. The predicted octanol–water partition coefficient (Wildman–Crippen LogP) is 5.50. The third kappa shape index (κ3) is 4.25. The number of carbonyl (C=O) groups excluding carboxylic acids is 2. The van der Waals surface area contributed by atoms with E-state index < -0.39 is 0 Å². The van der Waals surface area contributed by atoms with E-state index in [-0.39, 0.29) is 17.5 Å². The topological polar surface area (TPSA) is 58.6 Å². The van der Waals surface area contributed by atoms with Crippen molar-refractivity contribution < 1.29 is 14.3 Å². The fourth-order valence-corrected chi connectivity index (χ4v) is 4.20. The lowest BCUT2D eigenvalue weighted by molar-refractivity contribution is -0.120. The zero-order valence-electron chi connectivity index (χ0n) is 17.6. The summed E-state index contributed by atoms with van der Waals surface area (Å²) in [7, 11) is 0. The van der Waals surface area contributed by atoms with E-state index in [9.17, 15) is 9.59 Å². The highest BCUT2D eigenvalue weighted by Gasteiger charge is 2.40. The number of hydrogen-bond donors (Lipinski definition) is 1. The second-order valence-electron chi connectivity index (χ2n) is 7.19. The van der Waals surface area contributed by atoms with Crippen LogP contribution in [0, 0.1) is 0 Å². The summed E-state index contributed by atoms with van der Waals surface area (Å²) >= 11 is 1.44. The van der Waals surface area contributed by atoms with E-state index in [0.29, 0.717) is 23.6 Å². The summed E-state index contributed by atoms with van der Waals surface area (Å²) in [6, 6.07) is 18.7. The Kier molecular flexibility index (Phi) is 6.18. The molecule has 0 spiro atoms. The number of nitrogens with zero attached hydrogens (tertiary/aromatic N) is 1. The van der Waals surface area contributed by atoms with Gasteiger partial charge in [-0.2, -0.15) is 0 Å². The van der Waals surface area contributed by atoms with Crippen molar-refractivity contribution in [2.45, 2.75) is 26.7 Å². The Balaban J connectivity index is 1.71. The van der Waals surface area contributed by atoms with Gasteiger partial charge in [-0.25, -0.2) is 4.90 Å². The first kappa shape index (κ1) is 20.9. The number of amides is 2. The van der Waals surface area contributed by atoms with Crippen LogP contribution in [-0.2, 0) is 16.0 Å². The Labute approximate surface area is 186 Å². The lowest BCUT2D eigenvalue weighted by Gasteiger charge is -2.16. The van der Waals surface area contributed by atoms with Gasteiger partial charge in [0.15, 0.2) is 0 Å². The van der Waals surface area contributed by atoms with Gasteiger partial charge in [-0.05, 0) is 54.1 Å². The van der Waals surface area contributed by atoms with E-state index in [1.54, 1.807) is 18.2 Å². The van der Waals surface area contributed by atoms with Crippen LogP contribution in [0.15, 0.2) is 71.7 Å². The van der Waals surface area contributed by atoms with Gasteiger partial charge in [-0.15, -0.1) is 11.3 Å². The molecule has 3 aromatic rings. The lowest BCUT2D eigenvalue weighted by atomic mass is 10.1. The van der Waals surface area contributed by atoms with Crippen LogP contribution in [0.2, 0.25) is 0 Å². The Morgan fingerprint density at radius 1 is 0.968 bits per heavy atom. The van der Waals surface area contributed by atoms with E-state index in [4.69, 9.17) is 4.74 Å². The largest absolute Gasteiger partial charge is 0.494 e. The van der Waals surface area contributed by atoms with Gasteiger partial charge in [0.05, 0.1) is 17.9 Å². The number of nitrogens with one attached hydrogen (secondary N) is 1. The number of ether oxygens (including phenoxy) is 1. The molecule has 158 valence electrons. The average molecular weight is 433 g/mol. The maximum atomic E-state index is 13.4. The highest BCUT2D eigenvalue weighted by atomic mass is 32.1. The molecular formula is C25H24N2O3S. The molecule has 0 unspecified atom stereocenters. The molecule has 2 heterocycles.